The number of hydrogen-bond donors (Lipinski definition) is 2. The Hall–Kier alpha value is -2.10. The number of thiophene rings is 1. The number of aryl methyl sites for hydroxylation is 2. The molecule has 0 saturated heterocycles. The summed E-state index contributed by atoms with van der Waals surface area (Å²) in [5.74, 6) is 5.88. The lowest BCUT2D eigenvalue weighted by molar-refractivity contribution is 0.102. The molecule has 2 aromatic rings. The molecule has 0 atom stereocenters. The summed E-state index contributed by atoms with van der Waals surface area (Å²) in [5, 5.41) is 15.0. The van der Waals surface area contributed by atoms with Crippen LogP contribution in [0.5, 0.6) is 0 Å². The first-order valence-electron chi connectivity index (χ1n) is 6.05. The molecule has 0 unspecified atom stereocenters. The third-order valence-corrected chi connectivity index (χ3v) is 3.60. The van der Waals surface area contributed by atoms with Gasteiger partial charge in [0.05, 0.1) is 22.1 Å². The van der Waals surface area contributed by atoms with Crippen LogP contribution in [0.25, 0.3) is 0 Å². The molecule has 104 valence electrons. The SMILES string of the molecule is Cc1cc(NC(=O)c2cc(C)c(C#CCCO)s2)on1. The summed E-state index contributed by atoms with van der Waals surface area (Å²) < 4.78 is 4.94. The number of nitrogens with zero attached hydrogens (tertiary/aromatic N) is 1. The van der Waals surface area contributed by atoms with E-state index in [9.17, 15) is 4.79 Å². The normalized spacial score (nSPS) is 9.95. The molecule has 2 N–H and O–H groups in total. The fourth-order valence-electron chi connectivity index (χ4n) is 1.51. The zero-order chi connectivity index (χ0) is 14.5. The van der Waals surface area contributed by atoms with E-state index in [1.165, 1.54) is 11.3 Å². The molecule has 0 aliphatic heterocycles. The predicted octanol–water partition coefficient (Wildman–Crippen LogP) is 2.34. The van der Waals surface area contributed by atoms with Crippen molar-refractivity contribution in [3.05, 3.63) is 33.1 Å². The number of rotatable bonds is 3. The number of aliphatic hydroxyl groups excluding tert-OH is 1. The van der Waals surface area contributed by atoms with Gasteiger partial charge in [-0.05, 0) is 25.5 Å². The van der Waals surface area contributed by atoms with E-state index in [0.29, 0.717) is 22.9 Å². The number of anilines is 1. The van der Waals surface area contributed by atoms with Crippen LogP contribution in [0.1, 0.15) is 32.2 Å². The number of carbonyl (C=O) groups excluding carboxylic acids is 1. The maximum absolute atomic E-state index is 12.0. The zero-order valence-corrected chi connectivity index (χ0v) is 12.0. The highest BCUT2D eigenvalue weighted by Gasteiger charge is 2.13. The first kappa shape index (κ1) is 14.3. The molecule has 0 aliphatic rings. The van der Waals surface area contributed by atoms with Gasteiger partial charge in [0.2, 0.25) is 5.88 Å². The summed E-state index contributed by atoms with van der Waals surface area (Å²) in [5.41, 5.74) is 1.65. The van der Waals surface area contributed by atoms with Gasteiger partial charge in [-0.3, -0.25) is 10.1 Å². The fraction of sp³-hybridized carbons (Fsp3) is 0.286. The summed E-state index contributed by atoms with van der Waals surface area (Å²) in [7, 11) is 0. The van der Waals surface area contributed by atoms with Crippen LogP contribution in [0, 0.1) is 25.7 Å². The van der Waals surface area contributed by atoms with E-state index < -0.39 is 0 Å². The topological polar surface area (TPSA) is 75.4 Å². The Kier molecular flexibility index (Phi) is 4.56. The van der Waals surface area contributed by atoms with E-state index in [4.69, 9.17) is 9.63 Å². The molecule has 1 amide bonds. The van der Waals surface area contributed by atoms with Gasteiger partial charge in [-0.15, -0.1) is 11.3 Å². The number of aliphatic hydroxyl groups is 1. The van der Waals surface area contributed by atoms with Crippen molar-refractivity contribution < 1.29 is 14.4 Å². The van der Waals surface area contributed by atoms with Crippen LogP contribution in [0.4, 0.5) is 5.88 Å². The first-order valence-corrected chi connectivity index (χ1v) is 6.86. The number of aromatic nitrogens is 1. The van der Waals surface area contributed by atoms with Crippen LogP contribution in [0.15, 0.2) is 16.7 Å². The molecule has 2 heterocycles. The third kappa shape index (κ3) is 3.47. The quantitative estimate of drug-likeness (QED) is 0.851. The summed E-state index contributed by atoms with van der Waals surface area (Å²) >= 11 is 1.31. The van der Waals surface area contributed by atoms with Gasteiger partial charge >= 0.3 is 0 Å². The van der Waals surface area contributed by atoms with Crippen LogP contribution in [0.3, 0.4) is 0 Å². The minimum atomic E-state index is -0.246. The smallest absolute Gasteiger partial charge is 0.268 e. The molecule has 0 radical (unpaired) electrons. The summed E-state index contributed by atoms with van der Waals surface area (Å²) in [6.07, 6.45) is 0.427. The highest BCUT2D eigenvalue weighted by atomic mass is 32.1. The molecule has 0 aromatic carbocycles. The molecule has 2 rings (SSSR count). The van der Waals surface area contributed by atoms with Gasteiger partial charge < -0.3 is 9.63 Å². The Labute approximate surface area is 120 Å². The number of hydrogen-bond acceptors (Lipinski definition) is 5. The molecular weight excluding hydrogens is 276 g/mol. The van der Waals surface area contributed by atoms with Crippen molar-refractivity contribution in [3.63, 3.8) is 0 Å². The van der Waals surface area contributed by atoms with Gasteiger partial charge in [-0.2, -0.15) is 0 Å². The predicted molar refractivity (Wildman–Crippen MR) is 76.8 cm³/mol. The average molecular weight is 290 g/mol. The Morgan fingerprint density at radius 2 is 2.30 bits per heavy atom. The maximum Gasteiger partial charge on any atom is 0.268 e. The van der Waals surface area contributed by atoms with Crippen LogP contribution in [-0.2, 0) is 0 Å². The maximum atomic E-state index is 12.0. The monoisotopic (exact) mass is 290 g/mol. The first-order chi connectivity index (χ1) is 9.60. The van der Waals surface area contributed by atoms with E-state index in [1.54, 1.807) is 19.1 Å². The van der Waals surface area contributed by atoms with Crippen molar-refractivity contribution in [2.75, 3.05) is 11.9 Å². The van der Waals surface area contributed by atoms with Crippen molar-refractivity contribution in [1.29, 1.82) is 0 Å². The van der Waals surface area contributed by atoms with Gasteiger partial charge in [-0.1, -0.05) is 17.0 Å². The van der Waals surface area contributed by atoms with Crippen LogP contribution in [0.2, 0.25) is 0 Å². The molecule has 0 spiro atoms. The Morgan fingerprint density at radius 3 is 2.95 bits per heavy atom. The van der Waals surface area contributed by atoms with E-state index in [0.717, 1.165) is 10.4 Å². The van der Waals surface area contributed by atoms with Gasteiger partial charge in [0.15, 0.2) is 0 Å². The summed E-state index contributed by atoms with van der Waals surface area (Å²) in [6, 6.07) is 3.44. The minimum Gasteiger partial charge on any atom is -0.395 e. The van der Waals surface area contributed by atoms with E-state index in [1.807, 2.05) is 6.92 Å². The van der Waals surface area contributed by atoms with Crippen molar-refractivity contribution in [2.45, 2.75) is 20.3 Å². The van der Waals surface area contributed by atoms with Crippen molar-refractivity contribution >= 4 is 23.1 Å². The lowest BCUT2D eigenvalue weighted by Gasteiger charge is -1.96. The lowest BCUT2D eigenvalue weighted by atomic mass is 10.2. The number of carbonyl (C=O) groups is 1. The average Bonchev–Trinajstić information content (AvgIpc) is 2.97. The van der Waals surface area contributed by atoms with E-state index in [2.05, 4.69) is 22.3 Å². The molecular formula is C14H14N2O3S. The molecule has 0 fully saturated rings. The molecule has 0 aliphatic carbocycles. The second-order valence-electron chi connectivity index (χ2n) is 4.18. The molecule has 5 nitrogen and oxygen atoms in total. The molecule has 0 bridgehead atoms. The minimum absolute atomic E-state index is 0.0373. The number of nitrogens with one attached hydrogen (secondary N) is 1. The lowest BCUT2D eigenvalue weighted by Crippen LogP contribution is -2.09. The van der Waals surface area contributed by atoms with Gasteiger partial charge in [-0.25, -0.2) is 0 Å². The number of amides is 1. The molecule has 0 saturated carbocycles. The van der Waals surface area contributed by atoms with Crippen LogP contribution in [-0.4, -0.2) is 22.8 Å². The molecule has 6 heteroatoms. The van der Waals surface area contributed by atoms with Crippen LogP contribution < -0.4 is 5.32 Å². The Balaban J connectivity index is 2.11. The third-order valence-electron chi connectivity index (χ3n) is 2.44. The van der Waals surface area contributed by atoms with Crippen molar-refractivity contribution in [3.8, 4) is 11.8 Å². The van der Waals surface area contributed by atoms with Crippen LogP contribution >= 0.6 is 11.3 Å². The fourth-order valence-corrected chi connectivity index (χ4v) is 2.46. The second-order valence-corrected chi connectivity index (χ2v) is 5.24. The highest BCUT2D eigenvalue weighted by molar-refractivity contribution is 7.14. The zero-order valence-electron chi connectivity index (χ0n) is 11.2. The summed E-state index contributed by atoms with van der Waals surface area (Å²) in [4.78, 5) is 13.4. The largest absolute Gasteiger partial charge is 0.395 e. The standard InChI is InChI=1S/C14H14N2O3S/c1-9-7-12(20-11(9)5-3-4-6-17)14(18)15-13-8-10(2)16-19-13/h7-8,17H,4,6H2,1-2H3,(H,15,18). The summed E-state index contributed by atoms with van der Waals surface area (Å²) in [6.45, 7) is 3.72. The Morgan fingerprint density at radius 1 is 1.50 bits per heavy atom. The van der Waals surface area contributed by atoms with Gasteiger partial charge in [0, 0.05) is 12.5 Å². The van der Waals surface area contributed by atoms with E-state index in [-0.39, 0.29) is 12.5 Å². The van der Waals surface area contributed by atoms with Gasteiger partial charge in [0.1, 0.15) is 0 Å². The second kappa shape index (κ2) is 6.37. The van der Waals surface area contributed by atoms with Gasteiger partial charge in [0.25, 0.3) is 5.91 Å². The van der Waals surface area contributed by atoms with Crippen molar-refractivity contribution in [2.24, 2.45) is 0 Å². The van der Waals surface area contributed by atoms with Crippen molar-refractivity contribution in [1.82, 2.24) is 5.16 Å². The molecule has 2 aromatic heterocycles. The molecule has 20 heavy (non-hydrogen) atoms. The highest BCUT2D eigenvalue weighted by Crippen LogP contribution is 2.22. The Bertz CT molecular complexity index is 676. The van der Waals surface area contributed by atoms with E-state index >= 15 is 0 Å².